The highest BCUT2D eigenvalue weighted by Gasteiger charge is 2.24. The normalized spacial score (nSPS) is 13.6. The molecule has 0 radical (unpaired) electrons. The summed E-state index contributed by atoms with van der Waals surface area (Å²) in [6.07, 6.45) is 68.6. The second-order valence-corrected chi connectivity index (χ2v) is 19.7. The minimum atomic E-state index is -0.798. The van der Waals surface area contributed by atoms with Crippen LogP contribution >= 0.6 is 0 Å². The molecule has 3 atom stereocenters. The Morgan fingerprint density at radius 1 is 0.448 bits per heavy atom. The second kappa shape index (κ2) is 54.5. The van der Waals surface area contributed by atoms with Gasteiger partial charge in [0.15, 0.2) is 0 Å². The maximum absolute atomic E-state index is 13.3. The first kappa shape index (κ1) is 64.6. The molecule has 6 nitrogen and oxygen atoms in total. The van der Waals surface area contributed by atoms with Crippen LogP contribution in [0.5, 0.6) is 0 Å². The van der Waals surface area contributed by atoms with E-state index in [0.29, 0.717) is 25.7 Å². The Morgan fingerprint density at radius 2 is 0.791 bits per heavy atom. The summed E-state index contributed by atoms with van der Waals surface area (Å²) >= 11 is 0. The lowest BCUT2D eigenvalue weighted by molar-refractivity contribution is -0.151. The number of ether oxygens (including phenoxy) is 1. The van der Waals surface area contributed by atoms with Gasteiger partial charge < -0.3 is 20.3 Å². The molecule has 0 spiro atoms. The van der Waals surface area contributed by atoms with Gasteiger partial charge in [-0.1, -0.05) is 274 Å². The van der Waals surface area contributed by atoms with Crippen LogP contribution in [0.3, 0.4) is 0 Å². The molecule has 67 heavy (non-hydrogen) atoms. The molecule has 0 aliphatic carbocycles. The number of carbonyl (C=O) groups is 2. The highest BCUT2D eigenvalue weighted by Crippen LogP contribution is 2.18. The highest BCUT2D eigenvalue weighted by molar-refractivity contribution is 5.77. The first-order valence-corrected chi connectivity index (χ1v) is 29.0. The van der Waals surface area contributed by atoms with Gasteiger partial charge in [0, 0.05) is 6.42 Å². The molecule has 0 rings (SSSR count). The fourth-order valence-electron chi connectivity index (χ4n) is 8.76. The molecular weight excluding hydrogens is 827 g/mol. The first-order chi connectivity index (χ1) is 33.0. The number of nitrogens with one attached hydrogen (secondary N) is 1. The number of hydrogen-bond acceptors (Lipinski definition) is 5. The van der Waals surface area contributed by atoms with Gasteiger partial charge in [0.1, 0.15) is 6.10 Å². The van der Waals surface area contributed by atoms with Crippen molar-refractivity contribution in [3.63, 3.8) is 0 Å². The Balaban J connectivity index is 4.63. The van der Waals surface area contributed by atoms with Gasteiger partial charge in [-0.3, -0.25) is 9.59 Å². The molecular formula is C61H111NO5. The Kier molecular flexibility index (Phi) is 52.5. The number of esters is 1. The van der Waals surface area contributed by atoms with E-state index in [2.05, 4.69) is 86.8 Å². The smallest absolute Gasteiger partial charge is 0.306 e. The molecule has 0 aliphatic heterocycles. The van der Waals surface area contributed by atoms with Crippen LogP contribution in [-0.2, 0) is 14.3 Å². The molecule has 0 aliphatic rings. The molecule has 0 saturated heterocycles. The third kappa shape index (κ3) is 49.8. The summed E-state index contributed by atoms with van der Waals surface area (Å²) in [5.41, 5.74) is 0. The number of hydrogen-bond donors (Lipinski definition) is 3. The van der Waals surface area contributed by atoms with E-state index in [9.17, 15) is 19.8 Å². The molecule has 6 heteroatoms. The molecule has 0 fully saturated rings. The predicted molar refractivity (Wildman–Crippen MR) is 292 cm³/mol. The summed E-state index contributed by atoms with van der Waals surface area (Å²) in [5.74, 6) is -0.531. The summed E-state index contributed by atoms with van der Waals surface area (Å²) in [6, 6.07) is -0.713. The van der Waals surface area contributed by atoms with Crippen LogP contribution in [0.4, 0.5) is 0 Å². The van der Waals surface area contributed by atoms with Gasteiger partial charge in [-0.15, -0.1) is 0 Å². The summed E-state index contributed by atoms with van der Waals surface area (Å²) in [4.78, 5) is 26.3. The van der Waals surface area contributed by atoms with Crippen molar-refractivity contribution >= 4 is 11.9 Å². The quantitative estimate of drug-likeness (QED) is 0.0321. The van der Waals surface area contributed by atoms with Crippen molar-refractivity contribution in [2.24, 2.45) is 0 Å². The number of allylic oxidation sites excluding steroid dienone is 10. The first-order valence-electron chi connectivity index (χ1n) is 29.0. The molecule has 0 aromatic carbocycles. The highest BCUT2D eigenvalue weighted by atomic mass is 16.5. The maximum Gasteiger partial charge on any atom is 0.306 e. The lowest BCUT2D eigenvalue weighted by Crippen LogP contribution is -2.46. The van der Waals surface area contributed by atoms with Crippen molar-refractivity contribution < 1.29 is 24.5 Å². The van der Waals surface area contributed by atoms with Crippen LogP contribution in [0.15, 0.2) is 60.8 Å². The lowest BCUT2D eigenvalue weighted by atomic mass is 10.0. The van der Waals surface area contributed by atoms with Crippen molar-refractivity contribution in [2.75, 3.05) is 6.61 Å². The second-order valence-electron chi connectivity index (χ2n) is 19.7. The van der Waals surface area contributed by atoms with E-state index in [1.807, 2.05) is 0 Å². The number of unbranched alkanes of at least 4 members (excludes halogenated alkanes) is 30. The molecule has 390 valence electrons. The van der Waals surface area contributed by atoms with Crippen molar-refractivity contribution in [1.82, 2.24) is 5.32 Å². The Labute approximate surface area is 416 Å². The minimum absolute atomic E-state index is 0.0570. The van der Waals surface area contributed by atoms with E-state index in [-0.39, 0.29) is 24.9 Å². The molecule has 0 aromatic rings. The van der Waals surface area contributed by atoms with E-state index in [1.54, 1.807) is 0 Å². The standard InChI is InChI=1S/C61H111NO5/c1-4-7-10-13-16-19-22-25-28-30-32-34-37-40-43-46-49-52-57(67-61(66)54-51-48-45-42-39-36-33-31-29-26-23-20-17-14-11-8-5-2)55-60(65)62-58(56-63)59(64)53-50-47-44-41-38-35-27-24-21-18-15-12-9-6-3/h8,11,17,20,26,29,33,36,42,45,57-59,63-64H,4-7,9-10,12-16,18-19,21-25,27-28,30-32,34-35,37-41,43-44,46-56H2,1-3H3,(H,62,65)/b11-8-,20-17-,29-26-,36-33-,45-42-. The number of rotatable bonds is 52. The Bertz CT molecular complexity index is 1190. The minimum Gasteiger partial charge on any atom is -0.462 e. The van der Waals surface area contributed by atoms with Crippen molar-refractivity contribution in [3.8, 4) is 0 Å². The predicted octanol–water partition coefficient (Wildman–Crippen LogP) is 18.0. The number of aliphatic hydroxyl groups excluding tert-OH is 2. The SMILES string of the molecule is CC/C=C\C/C=C\C/C=C\C/C=C\C/C=C\CCCC(=O)OC(CCCCCCCCCCCCCCCCCCC)CC(=O)NC(CO)C(O)CCCCCCCCCCCCCCCC. The summed E-state index contributed by atoms with van der Waals surface area (Å²) in [6.45, 7) is 6.39. The zero-order valence-electron chi connectivity index (χ0n) is 44.5. The summed E-state index contributed by atoms with van der Waals surface area (Å²) in [7, 11) is 0. The van der Waals surface area contributed by atoms with E-state index < -0.39 is 18.2 Å². The Hall–Kier alpha value is -2.44. The van der Waals surface area contributed by atoms with Crippen LogP contribution in [0, 0.1) is 0 Å². The molecule has 0 heterocycles. The summed E-state index contributed by atoms with van der Waals surface area (Å²) < 4.78 is 5.94. The van der Waals surface area contributed by atoms with E-state index in [0.717, 1.165) is 77.0 Å². The zero-order valence-corrected chi connectivity index (χ0v) is 44.5. The van der Waals surface area contributed by atoms with Crippen LogP contribution in [0.1, 0.15) is 290 Å². The van der Waals surface area contributed by atoms with Gasteiger partial charge in [-0.05, 0) is 64.2 Å². The number of carbonyl (C=O) groups excluding carboxylic acids is 2. The van der Waals surface area contributed by atoms with Gasteiger partial charge in [-0.2, -0.15) is 0 Å². The molecule has 3 unspecified atom stereocenters. The topological polar surface area (TPSA) is 95.9 Å². The third-order valence-electron chi connectivity index (χ3n) is 13.1. The van der Waals surface area contributed by atoms with Crippen molar-refractivity contribution in [2.45, 2.75) is 309 Å². The lowest BCUT2D eigenvalue weighted by Gasteiger charge is -2.24. The Morgan fingerprint density at radius 3 is 1.16 bits per heavy atom. The number of amides is 1. The van der Waals surface area contributed by atoms with Crippen molar-refractivity contribution in [3.05, 3.63) is 60.8 Å². The van der Waals surface area contributed by atoms with E-state index in [4.69, 9.17) is 4.74 Å². The fourth-order valence-corrected chi connectivity index (χ4v) is 8.76. The monoisotopic (exact) mass is 938 g/mol. The molecule has 0 aromatic heterocycles. The average Bonchev–Trinajstić information content (AvgIpc) is 3.32. The summed E-state index contributed by atoms with van der Waals surface area (Å²) in [5, 5.41) is 23.9. The molecule has 3 N–H and O–H groups in total. The van der Waals surface area contributed by atoms with Crippen LogP contribution in [0.25, 0.3) is 0 Å². The van der Waals surface area contributed by atoms with Gasteiger partial charge in [0.05, 0.1) is 25.2 Å². The maximum atomic E-state index is 13.3. The van der Waals surface area contributed by atoms with Crippen LogP contribution in [-0.4, -0.2) is 46.9 Å². The van der Waals surface area contributed by atoms with Crippen molar-refractivity contribution in [1.29, 1.82) is 0 Å². The molecule has 0 saturated carbocycles. The molecule has 0 bridgehead atoms. The zero-order chi connectivity index (χ0) is 48.8. The van der Waals surface area contributed by atoms with E-state index >= 15 is 0 Å². The number of aliphatic hydroxyl groups is 2. The third-order valence-corrected chi connectivity index (χ3v) is 13.1. The largest absolute Gasteiger partial charge is 0.462 e. The van der Waals surface area contributed by atoms with E-state index in [1.165, 1.54) is 161 Å². The van der Waals surface area contributed by atoms with Gasteiger partial charge in [0.2, 0.25) is 5.91 Å². The van der Waals surface area contributed by atoms with Crippen LogP contribution < -0.4 is 5.32 Å². The van der Waals surface area contributed by atoms with Gasteiger partial charge in [-0.25, -0.2) is 0 Å². The van der Waals surface area contributed by atoms with Gasteiger partial charge in [0.25, 0.3) is 0 Å². The average molecular weight is 939 g/mol. The van der Waals surface area contributed by atoms with Gasteiger partial charge >= 0.3 is 5.97 Å². The molecule has 1 amide bonds. The van der Waals surface area contributed by atoms with Crippen LogP contribution in [0.2, 0.25) is 0 Å². The fraction of sp³-hybridized carbons (Fsp3) is 0.803.